The molecule has 1 aromatic carbocycles. The Balaban J connectivity index is 1.37. The smallest absolute Gasteiger partial charge is 0.311 e. The number of aliphatic hydroxyl groups is 1. The Morgan fingerprint density at radius 3 is 2.56 bits per heavy atom. The number of nitrogens with two attached hydrogens (primary N) is 1. The highest BCUT2D eigenvalue weighted by molar-refractivity contribution is 5.87. The van der Waals surface area contributed by atoms with Crippen LogP contribution in [0.3, 0.4) is 0 Å². The number of hydrogen-bond donors (Lipinski definition) is 2. The van der Waals surface area contributed by atoms with Gasteiger partial charge in [-0.25, -0.2) is 4.99 Å². The number of aromatic nitrogens is 1. The fraction of sp³-hybridized carbons (Fsp3) is 0.690. The van der Waals surface area contributed by atoms with Gasteiger partial charge in [0.2, 0.25) is 0 Å². The van der Waals surface area contributed by atoms with E-state index in [-0.39, 0.29) is 56.6 Å². The quantitative estimate of drug-likeness (QED) is 0.301. The van der Waals surface area contributed by atoms with Crippen LogP contribution >= 0.6 is 0 Å². The number of likely N-dealkylation sites (N-methyl/N-ethyl adjacent to an activating group) is 1. The molecule has 2 bridgehead atoms. The molecule has 0 amide bonds. The second-order valence-electron chi connectivity index (χ2n) is 17.0. The zero-order chi connectivity index (χ0) is 41.2. The number of oxime groups is 1. The number of fused-ring (bicyclic) bond motifs is 5. The Kier molecular flexibility index (Phi) is 13.3. The van der Waals surface area contributed by atoms with Crippen molar-refractivity contribution < 1.29 is 48.0 Å². The highest BCUT2D eigenvalue weighted by Gasteiger charge is 2.55. The van der Waals surface area contributed by atoms with E-state index in [1.54, 1.807) is 20.0 Å². The van der Waals surface area contributed by atoms with E-state index < -0.39 is 71.7 Å². The van der Waals surface area contributed by atoms with Gasteiger partial charge >= 0.3 is 5.97 Å². The first-order valence-corrected chi connectivity index (χ1v) is 20.2. The summed E-state index contributed by atoms with van der Waals surface area (Å²) in [4.78, 5) is 45.6. The molecule has 0 spiro atoms. The van der Waals surface area contributed by atoms with Gasteiger partial charge in [0.05, 0.1) is 48.6 Å². The van der Waals surface area contributed by atoms with Gasteiger partial charge in [0, 0.05) is 41.4 Å². The van der Waals surface area contributed by atoms with Crippen LogP contribution in [0, 0.1) is 17.8 Å². The maximum absolute atomic E-state index is 14.5. The Labute approximate surface area is 335 Å². The molecular formula is C42H61N5O10. The predicted octanol–water partition coefficient (Wildman–Crippen LogP) is 4.16. The molecule has 3 fully saturated rings. The number of benzene rings is 1. The number of carbonyl (C=O) groups is 2. The van der Waals surface area contributed by atoms with Gasteiger partial charge in [-0.3, -0.25) is 14.6 Å². The summed E-state index contributed by atoms with van der Waals surface area (Å²) in [6.45, 7) is 13.0. The maximum atomic E-state index is 14.5. The van der Waals surface area contributed by atoms with E-state index in [0.717, 1.165) is 16.5 Å². The number of aliphatic imine (C=N–C) groups is 1. The molecule has 15 nitrogen and oxygen atoms in total. The molecule has 0 saturated carbocycles. The van der Waals surface area contributed by atoms with Crippen molar-refractivity contribution in [2.24, 2.45) is 33.6 Å². The van der Waals surface area contributed by atoms with Crippen LogP contribution in [0.4, 0.5) is 0 Å². The number of amidine groups is 1. The molecular weight excluding hydrogens is 734 g/mol. The van der Waals surface area contributed by atoms with E-state index >= 15 is 0 Å². The zero-order valence-electron chi connectivity index (χ0n) is 34.8. The first-order chi connectivity index (χ1) is 27.0. The normalized spacial score (nSPS) is 39.0. The van der Waals surface area contributed by atoms with E-state index in [9.17, 15) is 14.7 Å². The lowest BCUT2D eigenvalue weighted by Crippen LogP contribution is -2.58. The molecule has 5 heterocycles. The van der Waals surface area contributed by atoms with Gasteiger partial charge in [-0.15, -0.1) is 0 Å². The molecule has 3 saturated heterocycles. The lowest BCUT2D eigenvalue weighted by atomic mass is 9.75. The molecule has 57 heavy (non-hydrogen) atoms. The number of cyclic esters (lactones) is 1. The van der Waals surface area contributed by atoms with Crippen molar-refractivity contribution in [3.63, 3.8) is 0 Å². The van der Waals surface area contributed by atoms with Crippen LogP contribution in [0.5, 0.6) is 0 Å². The van der Waals surface area contributed by atoms with Crippen LogP contribution in [0.2, 0.25) is 0 Å². The number of aliphatic hydroxyl groups excluding tert-OH is 1. The average Bonchev–Trinajstić information content (AvgIpc) is 3.52. The molecule has 13 atom stereocenters. The standard InChI is InChI=1S/C42H61N5O10/c1-10-33-42(7)37(45-40(43)57-42)26(5)35(48)23(2)18-41(6)34(56-39-36(49)31(47(8)9)15-24(3)54-39)17-32(25(4)38(50)55-33)51-21-29(22-52-41)46-53-20-27-16-28-13-11-12-14-30(28)44-19-27/h11-14,16,19,23-26,31-34,36-37,39,49H,10,15,17-18,20-22H2,1-9H3,(H2,43,45)/b46-29+/t23-,24-,25-,26+,31+,32-,33-,34-,36-,37?,39?,41+,42?/m1/s1. The number of esters is 1. The monoisotopic (exact) mass is 795 g/mol. The molecule has 15 heteroatoms. The summed E-state index contributed by atoms with van der Waals surface area (Å²) in [5.74, 6) is -2.66. The molecule has 1 aromatic heterocycles. The SMILES string of the molecule is CC[C@H]1OC(=O)[C@H](C)[C@H]2C[C@@H](OC3O[C@H](C)C[C@H](N(C)C)[C@H]3O)[C@](C)(C[C@@H](C)C(=O)[C@H](C)C3N=C(N)OC31C)OC/C(=N/OCc1cnc3ccccc3c1)CO2. The number of ketones is 1. The first-order valence-electron chi connectivity index (χ1n) is 20.2. The van der Waals surface area contributed by atoms with Crippen LogP contribution in [0.1, 0.15) is 79.7 Å². The number of para-hydroxylation sites is 1. The summed E-state index contributed by atoms with van der Waals surface area (Å²) in [5, 5.41) is 17.0. The minimum absolute atomic E-state index is 0.0284. The Morgan fingerprint density at radius 2 is 1.82 bits per heavy atom. The molecule has 3 N–H and O–H groups in total. The molecule has 3 unspecified atom stereocenters. The molecule has 4 aliphatic heterocycles. The summed E-state index contributed by atoms with van der Waals surface area (Å²) in [5.41, 5.74) is 5.90. The highest BCUT2D eigenvalue weighted by Crippen LogP contribution is 2.41. The van der Waals surface area contributed by atoms with Gasteiger partial charge < -0.3 is 49.0 Å². The van der Waals surface area contributed by atoms with Crippen molar-refractivity contribution in [2.75, 3.05) is 27.3 Å². The predicted molar refractivity (Wildman–Crippen MR) is 212 cm³/mol. The van der Waals surface area contributed by atoms with Crippen LogP contribution in [-0.2, 0) is 49.5 Å². The lowest BCUT2D eigenvalue weighted by molar-refractivity contribution is -0.294. The van der Waals surface area contributed by atoms with Gasteiger partial charge in [-0.05, 0) is 73.2 Å². The molecule has 0 aliphatic carbocycles. The number of carbonyl (C=O) groups excluding carboxylic acids is 2. The summed E-state index contributed by atoms with van der Waals surface area (Å²) < 4.78 is 38.8. The molecule has 314 valence electrons. The van der Waals surface area contributed by atoms with Crippen LogP contribution in [0.15, 0.2) is 46.7 Å². The van der Waals surface area contributed by atoms with Gasteiger partial charge in [-0.2, -0.15) is 0 Å². The summed E-state index contributed by atoms with van der Waals surface area (Å²) in [6.07, 6.45) is -1.57. The summed E-state index contributed by atoms with van der Waals surface area (Å²) in [7, 11) is 3.82. The largest absolute Gasteiger partial charge is 0.458 e. The van der Waals surface area contributed by atoms with Gasteiger partial charge in [-0.1, -0.05) is 44.1 Å². The minimum atomic E-state index is -1.20. The maximum Gasteiger partial charge on any atom is 0.311 e. The number of rotatable bonds is 7. The number of pyridine rings is 1. The third-order valence-corrected chi connectivity index (χ3v) is 12.3. The van der Waals surface area contributed by atoms with Crippen molar-refractivity contribution in [2.45, 2.75) is 141 Å². The first kappa shape index (κ1) is 42.9. The highest BCUT2D eigenvalue weighted by atomic mass is 16.7. The number of ether oxygens (including phenoxy) is 6. The van der Waals surface area contributed by atoms with Gasteiger partial charge in [0.25, 0.3) is 6.02 Å². The van der Waals surface area contributed by atoms with Crippen molar-refractivity contribution in [3.8, 4) is 0 Å². The van der Waals surface area contributed by atoms with E-state index in [1.807, 2.05) is 83.9 Å². The van der Waals surface area contributed by atoms with Gasteiger partial charge in [0.15, 0.2) is 11.9 Å². The molecule has 2 aromatic rings. The number of hydrogen-bond acceptors (Lipinski definition) is 15. The molecule has 4 aliphatic rings. The Morgan fingerprint density at radius 1 is 1.07 bits per heavy atom. The second-order valence-corrected chi connectivity index (χ2v) is 17.0. The van der Waals surface area contributed by atoms with Crippen LogP contribution in [-0.4, -0.2) is 126 Å². The molecule has 6 rings (SSSR count). The number of Topliss-reactive ketones (excluding diaryl/α,β-unsaturated/α-hetero) is 1. The van der Waals surface area contributed by atoms with E-state index in [0.29, 0.717) is 18.6 Å². The Bertz CT molecular complexity index is 1810. The summed E-state index contributed by atoms with van der Waals surface area (Å²) in [6, 6.07) is 8.82. The summed E-state index contributed by atoms with van der Waals surface area (Å²) >= 11 is 0. The van der Waals surface area contributed by atoms with Crippen LogP contribution < -0.4 is 5.73 Å². The topological polar surface area (TPSA) is 186 Å². The van der Waals surface area contributed by atoms with Crippen LogP contribution in [0.25, 0.3) is 10.9 Å². The molecule has 0 radical (unpaired) electrons. The Hall–Kier alpha value is -3.73. The second kappa shape index (κ2) is 17.6. The third-order valence-electron chi connectivity index (χ3n) is 12.3. The minimum Gasteiger partial charge on any atom is -0.458 e. The fourth-order valence-electron chi connectivity index (χ4n) is 8.88. The van der Waals surface area contributed by atoms with Crippen molar-refractivity contribution in [1.82, 2.24) is 9.88 Å². The van der Waals surface area contributed by atoms with E-state index in [2.05, 4.69) is 15.1 Å². The van der Waals surface area contributed by atoms with Crippen molar-refractivity contribution in [3.05, 3.63) is 42.1 Å². The van der Waals surface area contributed by atoms with Crippen molar-refractivity contribution >= 4 is 34.4 Å². The lowest BCUT2D eigenvalue weighted by Gasteiger charge is -2.46. The van der Waals surface area contributed by atoms with Gasteiger partial charge in [0.1, 0.15) is 36.4 Å². The number of nitrogens with zero attached hydrogens (tertiary/aromatic N) is 4. The van der Waals surface area contributed by atoms with E-state index in [1.165, 1.54) is 0 Å². The average molecular weight is 796 g/mol. The fourth-order valence-corrected chi connectivity index (χ4v) is 8.88. The van der Waals surface area contributed by atoms with E-state index in [4.69, 9.17) is 39.0 Å². The zero-order valence-corrected chi connectivity index (χ0v) is 34.8. The van der Waals surface area contributed by atoms with Crippen molar-refractivity contribution in [1.29, 1.82) is 0 Å². The third kappa shape index (κ3) is 9.29.